The van der Waals surface area contributed by atoms with Crippen molar-refractivity contribution in [3.8, 4) is 0 Å². The van der Waals surface area contributed by atoms with Crippen molar-refractivity contribution in [2.45, 2.75) is 31.4 Å². The molecule has 1 aliphatic heterocycles. The van der Waals surface area contributed by atoms with E-state index in [0.717, 1.165) is 43.0 Å². The zero-order valence-electron chi connectivity index (χ0n) is 13.2. The summed E-state index contributed by atoms with van der Waals surface area (Å²) in [5, 5.41) is 0.903. The van der Waals surface area contributed by atoms with Gasteiger partial charge in [0.2, 0.25) is 10.0 Å². The molecule has 2 aromatic rings. The van der Waals surface area contributed by atoms with Gasteiger partial charge in [0.05, 0.1) is 15.5 Å². The molecule has 1 saturated heterocycles. The summed E-state index contributed by atoms with van der Waals surface area (Å²) in [6, 6.07) is 6.43. The van der Waals surface area contributed by atoms with E-state index in [1.165, 1.54) is 10.3 Å². The second-order valence-corrected chi connectivity index (χ2v) is 9.50. The van der Waals surface area contributed by atoms with Crippen molar-refractivity contribution in [3.05, 3.63) is 23.8 Å². The van der Waals surface area contributed by atoms with Crippen LogP contribution in [0.1, 0.15) is 25.3 Å². The van der Waals surface area contributed by atoms with E-state index < -0.39 is 10.0 Å². The lowest BCUT2D eigenvalue weighted by atomic mass is 10.2. The molecule has 7 heteroatoms. The lowest BCUT2D eigenvalue weighted by molar-refractivity contribution is 0.384. The van der Waals surface area contributed by atoms with Gasteiger partial charge >= 0.3 is 0 Å². The monoisotopic (exact) mass is 351 g/mol. The van der Waals surface area contributed by atoms with E-state index >= 15 is 0 Å². The van der Waals surface area contributed by atoms with E-state index in [0.29, 0.717) is 13.1 Å². The van der Waals surface area contributed by atoms with Crippen LogP contribution in [0.25, 0.3) is 10.2 Å². The van der Waals surface area contributed by atoms with Crippen LogP contribution < -0.4 is 4.90 Å². The standard InChI is InChI=1S/C16H21N3O2S2/c1-2-12-3-6-14-15(11-12)22-16(17-14)18-7-9-19(10-8-18)23(20,21)13-4-5-13/h3,6,11,13H,2,4-5,7-10H2,1H3. The molecule has 1 aliphatic carbocycles. The zero-order valence-corrected chi connectivity index (χ0v) is 14.9. The van der Waals surface area contributed by atoms with Crippen LogP contribution in [0.15, 0.2) is 18.2 Å². The summed E-state index contributed by atoms with van der Waals surface area (Å²) in [4.78, 5) is 6.94. The molecule has 2 fully saturated rings. The van der Waals surface area contributed by atoms with Gasteiger partial charge in [-0.25, -0.2) is 13.4 Å². The smallest absolute Gasteiger partial charge is 0.217 e. The third-order valence-electron chi connectivity index (χ3n) is 4.66. The fraction of sp³-hybridized carbons (Fsp3) is 0.562. The summed E-state index contributed by atoms with van der Waals surface area (Å²) in [5.41, 5.74) is 2.36. The summed E-state index contributed by atoms with van der Waals surface area (Å²) in [6.07, 6.45) is 2.70. The summed E-state index contributed by atoms with van der Waals surface area (Å²) in [6.45, 7) is 4.77. The Morgan fingerprint density at radius 3 is 2.61 bits per heavy atom. The number of hydrogen-bond acceptors (Lipinski definition) is 5. The highest BCUT2D eigenvalue weighted by Crippen LogP contribution is 2.33. The van der Waals surface area contributed by atoms with Gasteiger partial charge in [-0.15, -0.1) is 0 Å². The van der Waals surface area contributed by atoms with Crippen molar-refractivity contribution in [2.75, 3.05) is 31.1 Å². The molecule has 4 rings (SSSR count). The molecular weight excluding hydrogens is 330 g/mol. The molecule has 23 heavy (non-hydrogen) atoms. The van der Waals surface area contributed by atoms with Crippen molar-refractivity contribution in [1.29, 1.82) is 0 Å². The predicted octanol–water partition coefficient (Wildman–Crippen LogP) is 2.47. The number of aryl methyl sites for hydroxylation is 1. The highest BCUT2D eigenvalue weighted by Gasteiger charge is 2.41. The summed E-state index contributed by atoms with van der Waals surface area (Å²) < 4.78 is 27.5. The van der Waals surface area contributed by atoms with E-state index in [9.17, 15) is 8.42 Å². The molecule has 0 spiro atoms. The van der Waals surface area contributed by atoms with Crippen LogP contribution in [0.4, 0.5) is 5.13 Å². The van der Waals surface area contributed by atoms with Crippen molar-refractivity contribution in [2.24, 2.45) is 0 Å². The Bertz CT molecular complexity index is 819. The summed E-state index contributed by atoms with van der Waals surface area (Å²) in [7, 11) is -3.04. The van der Waals surface area contributed by atoms with Crippen LogP contribution in [0.3, 0.4) is 0 Å². The van der Waals surface area contributed by atoms with E-state index in [4.69, 9.17) is 4.98 Å². The minimum Gasteiger partial charge on any atom is -0.345 e. The van der Waals surface area contributed by atoms with Gasteiger partial charge in [-0.05, 0) is 37.0 Å². The maximum Gasteiger partial charge on any atom is 0.217 e. The van der Waals surface area contributed by atoms with Crippen LogP contribution in [-0.4, -0.2) is 49.1 Å². The number of nitrogens with zero attached hydrogens (tertiary/aromatic N) is 3. The number of anilines is 1. The van der Waals surface area contributed by atoms with Crippen LogP contribution in [0, 0.1) is 0 Å². The van der Waals surface area contributed by atoms with Gasteiger partial charge in [-0.1, -0.05) is 24.3 Å². The average Bonchev–Trinajstić information content (AvgIpc) is 3.35. The Morgan fingerprint density at radius 2 is 1.96 bits per heavy atom. The largest absolute Gasteiger partial charge is 0.345 e. The van der Waals surface area contributed by atoms with Crippen LogP contribution >= 0.6 is 11.3 Å². The van der Waals surface area contributed by atoms with Gasteiger partial charge < -0.3 is 4.90 Å². The topological polar surface area (TPSA) is 53.5 Å². The van der Waals surface area contributed by atoms with Crippen molar-refractivity contribution < 1.29 is 8.42 Å². The zero-order chi connectivity index (χ0) is 16.0. The summed E-state index contributed by atoms with van der Waals surface area (Å²) in [5.74, 6) is 0. The molecule has 0 atom stereocenters. The molecule has 1 saturated carbocycles. The molecule has 0 amide bonds. The lowest BCUT2D eigenvalue weighted by Gasteiger charge is -2.33. The fourth-order valence-electron chi connectivity index (χ4n) is 3.02. The molecule has 5 nitrogen and oxygen atoms in total. The first-order valence-electron chi connectivity index (χ1n) is 8.21. The number of piperazine rings is 1. The number of hydrogen-bond donors (Lipinski definition) is 0. The normalized spacial score (nSPS) is 20.3. The molecule has 0 bridgehead atoms. The van der Waals surface area contributed by atoms with Gasteiger partial charge in [-0.2, -0.15) is 4.31 Å². The first kappa shape index (κ1) is 15.4. The first-order chi connectivity index (χ1) is 11.1. The van der Waals surface area contributed by atoms with Gasteiger partial charge in [-0.3, -0.25) is 0 Å². The number of rotatable bonds is 4. The third-order valence-corrected chi connectivity index (χ3v) is 8.14. The highest BCUT2D eigenvalue weighted by molar-refractivity contribution is 7.90. The Hall–Kier alpha value is -1.18. The predicted molar refractivity (Wildman–Crippen MR) is 94.7 cm³/mol. The van der Waals surface area contributed by atoms with E-state index in [-0.39, 0.29) is 5.25 Å². The van der Waals surface area contributed by atoms with E-state index in [1.54, 1.807) is 15.6 Å². The van der Waals surface area contributed by atoms with Gasteiger partial charge in [0.15, 0.2) is 5.13 Å². The van der Waals surface area contributed by atoms with Gasteiger partial charge in [0.1, 0.15) is 0 Å². The van der Waals surface area contributed by atoms with Crippen LogP contribution in [-0.2, 0) is 16.4 Å². The molecule has 2 aliphatic rings. The molecule has 2 heterocycles. The molecule has 1 aromatic carbocycles. The highest BCUT2D eigenvalue weighted by atomic mass is 32.2. The van der Waals surface area contributed by atoms with Crippen molar-refractivity contribution in [1.82, 2.24) is 9.29 Å². The molecule has 124 valence electrons. The maximum absolute atomic E-state index is 12.3. The second-order valence-electron chi connectivity index (χ2n) is 6.28. The quantitative estimate of drug-likeness (QED) is 0.849. The molecule has 0 unspecified atom stereocenters. The Balaban J connectivity index is 1.49. The van der Waals surface area contributed by atoms with Crippen molar-refractivity contribution in [3.63, 3.8) is 0 Å². The minimum absolute atomic E-state index is 0.107. The Labute approximate surface area is 141 Å². The molecular formula is C16H21N3O2S2. The van der Waals surface area contributed by atoms with Crippen LogP contribution in [0.5, 0.6) is 0 Å². The molecule has 0 N–H and O–H groups in total. The van der Waals surface area contributed by atoms with Crippen molar-refractivity contribution >= 4 is 36.7 Å². The lowest BCUT2D eigenvalue weighted by Crippen LogP contribution is -2.49. The average molecular weight is 351 g/mol. The second kappa shape index (κ2) is 5.72. The number of benzene rings is 1. The third kappa shape index (κ3) is 2.86. The SMILES string of the molecule is CCc1ccc2nc(N3CCN(S(=O)(=O)C4CC4)CC3)sc2c1. The molecule has 1 aromatic heterocycles. The molecule has 0 radical (unpaired) electrons. The van der Waals surface area contributed by atoms with Crippen LogP contribution in [0.2, 0.25) is 0 Å². The first-order valence-corrected chi connectivity index (χ1v) is 10.5. The fourth-order valence-corrected chi connectivity index (χ4v) is 5.93. The van der Waals surface area contributed by atoms with Gasteiger partial charge in [0, 0.05) is 26.2 Å². The minimum atomic E-state index is -3.04. The Morgan fingerprint density at radius 1 is 1.22 bits per heavy atom. The Kier molecular flexibility index (Phi) is 3.82. The number of thiazole rings is 1. The maximum atomic E-state index is 12.3. The number of fused-ring (bicyclic) bond motifs is 1. The number of sulfonamides is 1. The number of aromatic nitrogens is 1. The summed E-state index contributed by atoms with van der Waals surface area (Å²) >= 11 is 1.71. The van der Waals surface area contributed by atoms with E-state index in [1.807, 2.05) is 0 Å². The van der Waals surface area contributed by atoms with E-state index in [2.05, 4.69) is 30.0 Å². The van der Waals surface area contributed by atoms with Gasteiger partial charge in [0.25, 0.3) is 0 Å².